The van der Waals surface area contributed by atoms with E-state index >= 15 is 0 Å². The van der Waals surface area contributed by atoms with E-state index in [1.807, 2.05) is 0 Å². The second-order valence-electron chi connectivity index (χ2n) is 4.16. The number of nitrogens with two attached hydrogens (primary N) is 1. The SMILES string of the molecule is CC(C)CC(C)OCCCCCN. The van der Waals surface area contributed by atoms with Crippen LogP contribution in [0.25, 0.3) is 0 Å². The highest BCUT2D eigenvalue weighted by Gasteiger charge is 2.04. The van der Waals surface area contributed by atoms with E-state index in [-0.39, 0.29) is 0 Å². The van der Waals surface area contributed by atoms with Gasteiger partial charge in [0, 0.05) is 6.61 Å². The quantitative estimate of drug-likeness (QED) is 0.593. The summed E-state index contributed by atoms with van der Waals surface area (Å²) >= 11 is 0. The number of hydrogen-bond donors (Lipinski definition) is 1. The molecule has 0 saturated heterocycles. The molecule has 2 N–H and O–H groups in total. The topological polar surface area (TPSA) is 35.2 Å². The van der Waals surface area contributed by atoms with Crippen LogP contribution in [0.4, 0.5) is 0 Å². The molecule has 0 rings (SSSR count). The maximum atomic E-state index is 5.66. The molecule has 0 aliphatic carbocycles. The fourth-order valence-electron chi connectivity index (χ4n) is 1.44. The molecule has 0 fully saturated rings. The third kappa shape index (κ3) is 9.84. The van der Waals surface area contributed by atoms with Gasteiger partial charge in [-0.1, -0.05) is 13.8 Å². The minimum Gasteiger partial charge on any atom is -0.379 e. The van der Waals surface area contributed by atoms with Gasteiger partial charge in [0.2, 0.25) is 0 Å². The second kappa shape index (κ2) is 8.52. The van der Waals surface area contributed by atoms with Crippen molar-refractivity contribution in [1.82, 2.24) is 0 Å². The summed E-state index contributed by atoms with van der Waals surface area (Å²) in [6.07, 6.45) is 5.06. The van der Waals surface area contributed by atoms with E-state index in [1.54, 1.807) is 0 Å². The number of ether oxygens (including phenoxy) is 1. The first-order chi connectivity index (χ1) is 6.16. The van der Waals surface area contributed by atoms with E-state index in [9.17, 15) is 0 Å². The van der Waals surface area contributed by atoms with Crippen LogP contribution in [0.2, 0.25) is 0 Å². The Morgan fingerprint density at radius 1 is 1.08 bits per heavy atom. The molecule has 0 heterocycles. The van der Waals surface area contributed by atoms with Gasteiger partial charge in [0.1, 0.15) is 0 Å². The first-order valence-corrected chi connectivity index (χ1v) is 5.48. The van der Waals surface area contributed by atoms with E-state index in [1.165, 1.54) is 6.42 Å². The van der Waals surface area contributed by atoms with Gasteiger partial charge in [-0.3, -0.25) is 0 Å². The molecule has 0 aromatic rings. The smallest absolute Gasteiger partial charge is 0.0549 e. The molecule has 0 aliphatic rings. The van der Waals surface area contributed by atoms with Crippen molar-refractivity contribution in [2.75, 3.05) is 13.2 Å². The summed E-state index contributed by atoms with van der Waals surface area (Å²) in [5.74, 6) is 0.735. The maximum absolute atomic E-state index is 5.66. The molecule has 0 amide bonds. The molecule has 0 spiro atoms. The number of unbranched alkanes of at least 4 members (excludes halogenated alkanes) is 2. The Kier molecular flexibility index (Phi) is 8.46. The van der Waals surface area contributed by atoms with Crippen molar-refractivity contribution in [2.45, 2.75) is 52.6 Å². The summed E-state index contributed by atoms with van der Waals surface area (Å²) in [6.45, 7) is 8.32. The van der Waals surface area contributed by atoms with Gasteiger partial charge in [0.05, 0.1) is 6.10 Å². The molecular formula is C11H25NO. The first kappa shape index (κ1) is 12.9. The van der Waals surface area contributed by atoms with Crippen LogP contribution in [-0.4, -0.2) is 19.3 Å². The minimum atomic E-state index is 0.415. The van der Waals surface area contributed by atoms with Gasteiger partial charge in [-0.15, -0.1) is 0 Å². The largest absolute Gasteiger partial charge is 0.379 e. The lowest BCUT2D eigenvalue weighted by Crippen LogP contribution is -2.12. The molecule has 0 aromatic heterocycles. The molecule has 13 heavy (non-hydrogen) atoms. The van der Waals surface area contributed by atoms with Gasteiger partial charge in [-0.2, -0.15) is 0 Å². The van der Waals surface area contributed by atoms with Gasteiger partial charge >= 0.3 is 0 Å². The lowest BCUT2D eigenvalue weighted by Gasteiger charge is -2.14. The van der Waals surface area contributed by atoms with Crippen LogP contribution < -0.4 is 5.73 Å². The zero-order valence-corrected chi connectivity index (χ0v) is 9.38. The summed E-state index contributed by atoms with van der Waals surface area (Å²) in [5.41, 5.74) is 5.40. The monoisotopic (exact) mass is 187 g/mol. The summed E-state index contributed by atoms with van der Waals surface area (Å²) in [5, 5.41) is 0. The first-order valence-electron chi connectivity index (χ1n) is 5.48. The zero-order chi connectivity index (χ0) is 10.1. The molecule has 2 nitrogen and oxygen atoms in total. The Morgan fingerprint density at radius 2 is 1.77 bits per heavy atom. The lowest BCUT2D eigenvalue weighted by molar-refractivity contribution is 0.0495. The van der Waals surface area contributed by atoms with Crippen LogP contribution in [0.5, 0.6) is 0 Å². The van der Waals surface area contributed by atoms with Gasteiger partial charge in [0.25, 0.3) is 0 Å². The van der Waals surface area contributed by atoms with E-state index in [0.717, 1.165) is 38.3 Å². The molecule has 80 valence electrons. The summed E-state index contributed by atoms with van der Waals surface area (Å²) in [7, 11) is 0. The van der Waals surface area contributed by atoms with Gasteiger partial charge in [0.15, 0.2) is 0 Å². The summed E-state index contributed by atoms with van der Waals surface area (Å²) < 4.78 is 5.66. The van der Waals surface area contributed by atoms with Gasteiger partial charge in [-0.05, 0) is 45.1 Å². The van der Waals surface area contributed by atoms with Crippen molar-refractivity contribution in [2.24, 2.45) is 11.7 Å². The molecule has 0 aliphatic heterocycles. The van der Waals surface area contributed by atoms with Crippen LogP contribution in [0.1, 0.15) is 46.5 Å². The normalized spacial score (nSPS) is 13.6. The fourth-order valence-corrected chi connectivity index (χ4v) is 1.44. The fraction of sp³-hybridized carbons (Fsp3) is 1.00. The van der Waals surface area contributed by atoms with Crippen molar-refractivity contribution >= 4 is 0 Å². The Morgan fingerprint density at radius 3 is 2.31 bits per heavy atom. The molecule has 0 bridgehead atoms. The molecule has 0 radical (unpaired) electrons. The van der Waals surface area contributed by atoms with Crippen LogP contribution in [0.15, 0.2) is 0 Å². The Labute approximate surface area is 82.8 Å². The molecular weight excluding hydrogens is 162 g/mol. The lowest BCUT2D eigenvalue weighted by atomic mass is 10.1. The highest BCUT2D eigenvalue weighted by atomic mass is 16.5. The van der Waals surface area contributed by atoms with E-state index < -0.39 is 0 Å². The number of hydrogen-bond acceptors (Lipinski definition) is 2. The average molecular weight is 187 g/mol. The van der Waals surface area contributed by atoms with Crippen molar-refractivity contribution in [3.63, 3.8) is 0 Å². The Bertz CT molecular complexity index is 104. The molecule has 1 atom stereocenters. The summed E-state index contributed by atoms with van der Waals surface area (Å²) in [6, 6.07) is 0. The van der Waals surface area contributed by atoms with Gasteiger partial charge < -0.3 is 10.5 Å². The molecule has 1 unspecified atom stereocenters. The van der Waals surface area contributed by atoms with Crippen molar-refractivity contribution in [3.05, 3.63) is 0 Å². The van der Waals surface area contributed by atoms with E-state index in [4.69, 9.17) is 10.5 Å². The second-order valence-corrected chi connectivity index (χ2v) is 4.16. The Balaban J connectivity index is 3.12. The number of rotatable bonds is 8. The van der Waals surface area contributed by atoms with Crippen LogP contribution in [0, 0.1) is 5.92 Å². The van der Waals surface area contributed by atoms with Crippen molar-refractivity contribution in [3.8, 4) is 0 Å². The van der Waals surface area contributed by atoms with Crippen molar-refractivity contribution in [1.29, 1.82) is 0 Å². The summed E-state index contributed by atoms with van der Waals surface area (Å²) in [4.78, 5) is 0. The van der Waals surface area contributed by atoms with Crippen LogP contribution in [-0.2, 0) is 4.74 Å². The molecule has 0 saturated carbocycles. The Hall–Kier alpha value is -0.0800. The standard InChI is InChI=1S/C11H25NO/c1-10(2)9-11(3)13-8-6-4-5-7-12/h10-11H,4-9,12H2,1-3H3. The zero-order valence-electron chi connectivity index (χ0n) is 9.38. The predicted octanol–water partition coefficient (Wildman–Crippen LogP) is 2.57. The molecule has 2 heteroatoms. The highest BCUT2D eigenvalue weighted by Crippen LogP contribution is 2.08. The van der Waals surface area contributed by atoms with Crippen molar-refractivity contribution < 1.29 is 4.74 Å². The maximum Gasteiger partial charge on any atom is 0.0549 e. The van der Waals surface area contributed by atoms with E-state index in [2.05, 4.69) is 20.8 Å². The average Bonchev–Trinajstić information content (AvgIpc) is 2.02. The third-order valence-electron chi connectivity index (χ3n) is 2.05. The third-order valence-corrected chi connectivity index (χ3v) is 2.05. The van der Waals surface area contributed by atoms with Gasteiger partial charge in [-0.25, -0.2) is 0 Å². The minimum absolute atomic E-state index is 0.415. The van der Waals surface area contributed by atoms with Crippen LogP contribution in [0.3, 0.4) is 0 Å². The molecule has 0 aromatic carbocycles. The van der Waals surface area contributed by atoms with Crippen LogP contribution >= 0.6 is 0 Å². The highest BCUT2D eigenvalue weighted by molar-refractivity contribution is 4.54. The predicted molar refractivity (Wildman–Crippen MR) is 57.8 cm³/mol. The van der Waals surface area contributed by atoms with E-state index in [0.29, 0.717) is 6.10 Å².